The van der Waals surface area contributed by atoms with Crippen LogP contribution in [0.1, 0.15) is 11.1 Å². The lowest BCUT2D eigenvalue weighted by Gasteiger charge is -2.11. The van der Waals surface area contributed by atoms with Crippen LogP contribution in [0.2, 0.25) is 0 Å². The molecule has 124 valence electrons. The molecule has 0 bridgehead atoms. The van der Waals surface area contributed by atoms with Gasteiger partial charge in [0.15, 0.2) is 11.5 Å². The third-order valence-corrected chi connectivity index (χ3v) is 4.04. The summed E-state index contributed by atoms with van der Waals surface area (Å²) in [5, 5.41) is 2.89. The number of ether oxygens (including phenoxy) is 3. The largest absolute Gasteiger partial charge is 0.497 e. The molecule has 0 saturated heterocycles. The minimum absolute atomic E-state index is 0.0898. The number of carbonyl (C=O) groups excluding carboxylic acids is 1. The zero-order chi connectivity index (χ0) is 17.1. The third-order valence-electron chi connectivity index (χ3n) is 4.04. The lowest BCUT2D eigenvalue weighted by atomic mass is 9.96. The van der Waals surface area contributed by atoms with Crippen molar-refractivity contribution < 1.29 is 19.0 Å². The van der Waals surface area contributed by atoms with Gasteiger partial charge in [-0.05, 0) is 41.0 Å². The summed E-state index contributed by atoms with van der Waals surface area (Å²) < 4.78 is 15.9. The first-order valence-corrected chi connectivity index (χ1v) is 7.56. The van der Waals surface area contributed by atoms with E-state index in [1.165, 1.54) is 0 Å². The summed E-state index contributed by atoms with van der Waals surface area (Å²) in [5.41, 5.74) is 3.33. The van der Waals surface area contributed by atoms with Gasteiger partial charge in [-0.2, -0.15) is 0 Å². The van der Waals surface area contributed by atoms with E-state index < -0.39 is 0 Å². The molecule has 0 aromatic heterocycles. The van der Waals surface area contributed by atoms with Gasteiger partial charge in [-0.15, -0.1) is 0 Å². The molecule has 1 aliphatic rings. The molecular weight excluding hydrogens is 306 g/mol. The van der Waals surface area contributed by atoms with Gasteiger partial charge in [0.2, 0.25) is 0 Å². The van der Waals surface area contributed by atoms with Crippen LogP contribution in [-0.4, -0.2) is 33.8 Å². The van der Waals surface area contributed by atoms with Gasteiger partial charge in [-0.25, -0.2) is 0 Å². The molecule has 2 aromatic rings. The number of carbonyl (C=O) groups is 1. The van der Waals surface area contributed by atoms with E-state index >= 15 is 0 Å². The molecule has 0 spiro atoms. The van der Waals surface area contributed by atoms with Crippen LogP contribution in [0, 0.1) is 0 Å². The second-order valence-corrected chi connectivity index (χ2v) is 5.34. The number of amides is 1. The molecular formula is C19H19NO4. The fourth-order valence-electron chi connectivity index (χ4n) is 2.84. The zero-order valence-corrected chi connectivity index (χ0v) is 13.9. The van der Waals surface area contributed by atoms with Crippen LogP contribution in [0.4, 0.5) is 0 Å². The van der Waals surface area contributed by atoms with Crippen LogP contribution in [0.15, 0.2) is 42.5 Å². The highest BCUT2D eigenvalue weighted by atomic mass is 16.5. The molecule has 0 radical (unpaired) electrons. The lowest BCUT2D eigenvalue weighted by Crippen LogP contribution is -2.17. The highest BCUT2D eigenvalue weighted by Gasteiger charge is 2.25. The van der Waals surface area contributed by atoms with E-state index in [1.54, 1.807) is 21.3 Å². The lowest BCUT2D eigenvalue weighted by molar-refractivity contribution is -0.114. The zero-order valence-electron chi connectivity index (χ0n) is 13.9. The van der Waals surface area contributed by atoms with Gasteiger partial charge in [0.05, 0.1) is 26.9 Å². The first kappa shape index (κ1) is 15.9. The summed E-state index contributed by atoms with van der Waals surface area (Å²) >= 11 is 0. The maximum absolute atomic E-state index is 12.4. The van der Waals surface area contributed by atoms with Crippen molar-refractivity contribution in [2.75, 3.05) is 27.9 Å². The highest BCUT2D eigenvalue weighted by Crippen LogP contribution is 2.36. The number of rotatable bonds is 5. The van der Waals surface area contributed by atoms with E-state index in [1.807, 2.05) is 42.5 Å². The Morgan fingerprint density at radius 2 is 1.67 bits per heavy atom. The summed E-state index contributed by atoms with van der Waals surface area (Å²) in [6.45, 7) is 0.473. The van der Waals surface area contributed by atoms with E-state index in [-0.39, 0.29) is 5.91 Å². The van der Waals surface area contributed by atoms with Gasteiger partial charge in [0, 0.05) is 6.54 Å². The molecule has 1 N–H and O–H groups in total. The van der Waals surface area contributed by atoms with E-state index in [0.717, 1.165) is 16.7 Å². The molecule has 1 heterocycles. The van der Waals surface area contributed by atoms with Gasteiger partial charge >= 0.3 is 0 Å². The summed E-state index contributed by atoms with van der Waals surface area (Å²) in [6, 6.07) is 13.1. The smallest absolute Gasteiger partial charge is 0.252 e. The minimum atomic E-state index is -0.0898. The van der Waals surface area contributed by atoms with Gasteiger partial charge in [0.1, 0.15) is 5.75 Å². The van der Waals surface area contributed by atoms with Crippen molar-refractivity contribution in [1.82, 2.24) is 5.32 Å². The summed E-state index contributed by atoms with van der Waals surface area (Å²) in [7, 11) is 4.80. The van der Waals surface area contributed by atoms with Crippen molar-refractivity contribution in [3.63, 3.8) is 0 Å². The average molecular weight is 325 g/mol. The summed E-state index contributed by atoms with van der Waals surface area (Å²) in [5.74, 6) is 1.91. The Kier molecular flexibility index (Phi) is 4.42. The van der Waals surface area contributed by atoms with Crippen LogP contribution < -0.4 is 19.5 Å². The Morgan fingerprint density at radius 1 is 0.875 bits per heavy atom. The quantitative estimate of drug-likeness (QED) is 0.918. The number of hydrogen-bond donors (Lipinski definition) is 1. The molecule has 0 fully saturated rings. The summed E-state index contributed by atoms with van der Waals surface area (Å²) in [6.07, 6.45) is 0. The molecule has 5 nitrogen and oxygen atoms in total. The molecule has 0 atom stereocenters. The Bertz CT molecular complexity index is 811. The minimum Gasteiger partial charge on any atom is -0.497 e. The molecule has 3 rings (SSSR count). The van der Waals surface area contributed by atoms with Crippen LogP contribution in [0.5, 0.6) is 17.2 Å². The predicted octanol–water partition coefficient (Wildman–Crippen LogP) is 2.75. The van der Waals surface area contributed by atoms with Crippen LogP contribution in [-0.2, 0) is 4.79 Å². The van der Waals surface area contributed by atoms with E-state index in [2.05, 4.69) is 5.32 Å². The molecule has 24 heavy (non-hydrogen) atoms. The van der Waals surface area contributed by atoms with Gasteiger partial charge in [-0.1, -0.05) is 18.2 Å². The van der Waals surface area contributed by atoms with Crippen molar-refractivity contribution in [3.05, 3.63) is 53.6 Å². The second kappa shape index (κ2) is 6.66. The molecule has 0 saturated carbocycles. The normalized spacial score (nSPS) is 13.7. The van der Waals surface area contributed by atoms with Gasteiger partial charge in [-0.3, -0.25) is 4.79 Å². The van der Waals surface area contributed by atoms with Crippen molar-refractivity contribution >= 4 is 17.1 Å². The standard InChI is InChI=1S/C19H19NO4/c1-22-14-6-4-5-13(9-14)18-15(11-20-19(18)21)12-7-8-16(23-2)17(10-12)24-3/h4-10H,11H2,1-3H3,(H,20,21). The van der Waals surface area contributed by atoms with Crippen LogP contribution >= 0.6 is 0 Å². The van der Waals surface area contributed by atoms with Gasteiger partial charge in [0.25, 0.3) is 5.91 Å². The third kappa shape index (κ3) is 2.80. The topological polar surface area (TPSA) is 56.8 Å². The van der Waals surface area contributed by atoms with Crippen molar-refractivity contribution in [3.8, 4) is 17.2 Å². The Hall–Kier alpha value is -2.95. The fraction of sp³-hybridized carbons (Fsp3) is 0.211. The summed E-state index contributed by atoms with van der Waals surface area (Å²) in [4.78, 5) is 12.4. The highest BCUT2D eigenvalue weighted by molar-refractivity contribution is 6.30. The second-order valence-electron chi connectivity index (χ2n) is 5.34. The number of hydrogen-bond acceptors (Lipinski definition) is 4. The number of nitrogens with one attached hydrogen (secondary N) is 1. The van der Waals surface area contributed by atoms with E-state index in [4.69, 9.17) is 14.2 Å². The first-order valence-electron chi connectivity index (χ1n) is 7.56. The monoisotopic (exact) mass is 325 g/mol. The molecule has 1 amide bonds. The van der Waals surface area contributed by atoms with Crippen molar-refractivity contribution in [2.45, 2.75) is 0 Å². The Morgan fingerprint density at radius 3 is 2.38 bits per heavy atom. The molecule has 0 aliphatic carbocycles. The van der Waals surface area contributed by atoms with E-state index in [9.17, 15) is 4.79 Å². The number of benzene rings is 2. The van der Waals surface area contributed by atoms with Crippen LogP contribution in [0.3, 0.4) is 0 Å². The van der Waals surface area contributed by atoms with Gasteiger partial charge < -0.3 is 19.5 Å². The SMILES string of the molecule is COc1cccc(C2=C(c3ccc(OC)c(OC)c3)CNC2=O)c1. The predicted molar refractivity (Wildman–Crippen MR) is 92.4 cm³/mol. The van der Waals surface area contributed by atoms with Crippen molar-refractivity contribution in [1.29, 1.82) is 0 Å². The molecule has 0 unspecified atom stereocenters. The Balaban J connectivity index is 2.12. The van der Waals surface area contributed by atoms with Crippen molar-refractivity contribution in [2.24, 2.45) is 0 Å². The molecule has 1 aliphatic heterocycles. The maximum Gasteiger partial charge on any atom is 0.252 e. The average Bonchev–Trinajstić information content (AvgIpc) is 3.02. The molecule has 2 aromatic carbocycles. The molecule has 5 heteroatoms. The van der Waals surface area contributed by atoms with E-state index in [0.29, 0.717) is 29.4 Å². The fourth-order valence-corrected chi connectivity index (χ4v) is 2.84. The Labute approximate surface area is 140 Å². The van der Waals surface area contributed by atoms with Crippen LogP contribution in [0.25, 0.3) is 11.1 Å². The maximum atomic E-state index is 12.4. The first-order chi connectivity index (χ1) is 11.7. The number of methoxy groups -OCH3 is 3.